The zero-order valence-corrected chi connectivity index (χ0v) is 20.7. The highest BCUT2D eigenvalue weighted by Crippen LogP contribution is 2.35. The van der Waals surface area contributed by atoms with Gasteiger partial charge in [0.15, 0.2) is 22.3 Å². The first-order chi connectivity index (χ1) is 18.4. The molecule has 2 N–H and O–H groups in total. The van der Waals surface area contributed by atoms with E-state index in [1.807, 2.05) is 0 Å². The Kier molecular flexibility index (Phi) is 6.92. The molecule has 13 heteroatoms. The number of rotatable bonds is 7. The summed E-state index contributed by atoms with van der Waals surface area (Å²) in [7, 11) is 1.19. The Bertz CT molecular complexity index is 1430. The second kappa shape index (κ2) is 10.5. The van der Waals surface area contributed by atoms with Crippen LogP contribution in [0.5, 0.6) is 11.5 Å². The summed E-state index contributed by atoms with van der Waals surface area (Å²) in [5, 5.41) is 6.55. The van der Waals surface area contributed by atoms with Gasteiger partial charge in [0.2, 0.25) is 5.91 Å². The normalized spacial score (nSPS) is 17.1. The van der Waals surface area contributed by atoms with Crippen LogP contribution in [0, 0.1) is 5.82 Å². The number of ether oxygens (including phenoxy) is 3. The summed E-state index contributed by atoms with van der Waals surface area (Å²) in [4.78, 5) is 56.5. The van der Waals surface area contributed by atoms with Crippen LogP contribution in [0.25, 0.3) is 0 Å². The van der Waals surface area contributed by atoms with Crippen molar-refractivity contribution >= 4 is 40.3 Å². The van der Waals surface area contributed by atoms with Gasteiger partial charge in [-0.25, -0.2) is 23.9 Å². The van der Waals surface area contributed by atoms with Crippen molar-refractivity contribution in [2.24, 2.45) is 0 Å². The van der Waals surface area contributed by atoms with E-state index < -0.39 is 41.7 Å². The Morgan fingerprint density at radius 1 is 1.21 bits per heavy atom. The number of aromatic nitrogens is 1. The molecular weight excluding hydrogens is 519 g/mol. The van der Waals surface area contributed by atoms with Gasteiger partial charge in [-0.3, -0.25) is 9.59 Å². The second-order valence-corrected chi connectivity index (χ2v) is 9.18. The van der Waals surface area contributed by atoms with Crippen LogP contribution in [0.15, 0.2) is 47.8 Å². The number of methoxy groups -OCH3 is 1. The molecule has 0 radical (unpaired) electrons. The molecule has 2 aliphatic rings. The van der Waals surface area contributed by atoms with Gasteiger partial charge in [-0.1, -0.05) is 24.3 Å². The van der Waals surface area contributed by atoms with Gasteiger partial charge in [0.05, 0.1) is 7.11 Å². The van der Waals surface area contributed by atoms with Gasteiger partial charge in [-0.15, -0.1) is 11.3 Å². The molecular formula is C25H21FN4O7S. The van der Waals surface area contributed by atoms with Crippen molar-refractivity contribution in [3.05, 3.63) is 70.5 Å². The van der Waals surface area contributed by atoms with E-state index in [1.165, 1.54) is 30.7 Å². The standard InChI is InChI=1S/C25H21FN4O7S/c1-35-23(33)16-12-38-24(27-16)29-21(31)17(10-13-4-2-3-5-15(13)26)30-22(32)20(28-25(30)34)14-6-7-18-19(11-14)37-9-8-36-18/h2-7,11-12,17,20H,8-10H2,1H3,(H,28,34)(H,27,29,31)/t17-,20+/m0/s1. The fourth-order valence-corrected chi connectivity index (χ4v) is 4.83. The van der Waals surface area contributed by atoms with Crippen molar-refractivity contribution in [1.29, 1.82) is 0 Å². The van der Waals surface area contributed by atoms with Gasteiger partial charge in [-0.05, 0) is 29.3 Å². The molecule has 38 heavy (non-hydrogen) atoms. The summed E-state index contributed by atoms with van der Waals surface area (Å²) in [5.41, 5.74) is 0.542. The number of fused-ring (bicyclic) bond motifs is 1. The Morgan fingerprint density at radius 2 is 1.97 bits per heavy atom. The average Bonchev–Trinajstić information content (AvgIpc) is 3.51. The SMILES string of the molecule is COC(=O)c1csc(NC(=O)[C@H](Cc2ccccc2F)N2C(=O)N[C@H](c3ccc4c(c3)OCCO4)C2=O)n1. The van der Waals surface area contributed by atoms with E-state index in [0.717, 1.165) is 16.2 Å². The van der Waals surface area contributed by atoms with Crippen molar-refractivity contribution in [3.8, 4) is 11.5 Å². The molecule has 1 fully saturated rings. The van der Waals surface area contributed by atoms with Gasteiger partial charge in [0, 0.05) is 11.8 Å². The van der Waals surface area contributed by atoms with E-state index >= 15 is 0 Å². The second-order valence-electron chi connectivity index (χ2n) is 8.32. The van der Waals surface area contributed by atoms with E-state index in [4.69, 9.17) is 9.47 Å². The van der Waals surface area contributed by atoms with Crippen LogP contribution in [0.3, 0.4) is 0 Å². The predicted molar refractivity (Wildman–Crippen MR) is 132 cm³/mol. The van der Waals surface area contributed by atoms with Gasteiger partial charge < -0.3 is 24.8 Å². The maximum Gasteiger partial charge on any atom is 0.357 e. The van der Waals surface area contributed by atoms with E-state index in [9.17, 15) is 23.6 Å². The number of anilines is 1. The van der Waals surface area contributed by atoms with Crippen LogP contribution >= 0.6 is 11.3 Å². The Hall–Kier alpha value is -4.52. The van der Waals surface area contributed by atoms with Crippen molar-refractivity contribution in [1.82, 2.24) is 15.2 Å². The molecule has 0 saturated carbocycles. The van der Waals surface area contributed by atoms with Crippen molar-refractivity contribution in [3.63, 3.8) is 0 Å². The summed E-state index contributed by atoms with van der Waals surface area (Å²) in [6.45, 7) is 0.735. The number of amides is 4. The molecule has 2 atom stereocenters. The quantitative estimate of drug-likeness (QED) is 0.345. The third-order valence-electron chi connectivity index (χ3n) is 5.98. The maximum atomic E-state index is 14.5. The van der Waals surface area contributed by atoms with Crippen molar-refractivity contribution < 1.29 is 37.8 Å². The molecule has 0 spiro atoms. The zero-order chi connectivity index (χ0) is 26.8. The lowest BCUT2D eigenvalue weighted by atomic mass is 10.0. The number of urea groups is 1. The van der Waals surface area contributed by atoms with Gasteiger partial charge in [0.1, 0.15) is 31.1 Å². The lowest BCUT2D eigenvalue weighted by Crippen LogP contribution is -2.49. The van der Waals surface area contributed by atoms with Crippen LogP contribution in [0.4, 0.5) is 14.3 Å². The molecule has 2 aliphatic heterocycles. The number of nitrogens with one attached hydrogen (secondary N) is 2. The molecule has 3 heterocycles. The lowest BCUT2D eigenvalue weighted by molar-refractivity contribution is -0.134. The topological polar surface area (TPSA) is 136 Å². The Labute approximate surface area is 219 Å². The highest BCUT2D eigenvalue weighted by Gasteiger charge is 2.46. The van der Waals surface area contributed by atoms with Crippen LogP contribution in [0.2, 0.25) is 0 Å². The largest absolute Gasteiger partial charge is 0.486 e. The highest BCUT2D eigenvalue weighted by atomic mass is 32.1. The lowest BCUT2D eigenvalue weighted by Gasteiger charge is -2.24. The minimum atomic E-state index is -1.42. The van der Waals surface area contributed by atoms with Gasteiger partial charge >= 0.3 is 12.0 Å². The fraction of sp³-hybridized carbons (Fsp3) is 0.240. The number of carbonyl (C=O) groups excluding carboxylic acids is 4. The maximum absolute atomic E-state index is 14.5. The van der Waals surface area contributed by atoms with Crippen molar-refractivity contribution in [2.75, 3.05) is 25.6 Å². The minimum Gasteiger partial charge on any atom is -0.486 e. The number of carbonyl (C=O) groups is 4. The summed E-state index contributed by atoms with van der Waals surface area (Å²) in [5.74, 6) is -1.83. The molecule has 0 unspecified atom stereocenters. The van der Waals surface area contributed by atoms with E-state index in [0.29, 0.717) is 30.3 Å². The molecule has 196 valence electrons. The average molecular weight is 541 g/mol. The molecule has 5 rings (SSSR count). The predicted octanol–water partition coefficient (Wildman–Crippen LogP) is 2.68. The minimum absolute atomic E-state index is 0.0212. The first-order valence-electron chi connectivity index (χ1n) is 11.5. The number of thiazole rings is 1. The zero-order valence-electron chi connectivity index (χ0n) is 19.9. The summed E-state index contributed by atoms with van der Waals surface area (Å²) in [6, 6.07) is 7.27. The third-order valence-corrected chi connectivity index (χ3v) is 6.74. The van der Waals surface area contributed by atoms with Gasteiger partial charge in [-0.2, -0.15) is 0 Å². The molecule has 1 saturated heterocycles. The molecule has 0 aliphatic carbocycles. The van der Waals surface area contributed by atoms with Crippen molar-refractivity contribution in [2.45, 2.75) is 18.5 Å². The van der Waals surface area contributed by atoms with E-state index in [2.05, 4.69) is 20.4 Å². The van der Waals surface area contributed by atoms with Gasteiger partial charge in [0.25, 0.3) is 5.91 Å². The molecule has 2 aromatic carbocycles. The number of hydrogen-bond acceptors (Lipinski definition) is 9. The molecule has 3 aromatic rings. The molecule has 4 amide bonds. The fourth-order valence-electron chi connectivity index (χ4n) is 4.15. The summed E-state index contributed by atoms with van der Waals surface area (Å²) >= 11 is 0.955. The number of esters is 1. The van der Waals surface area contributed by atoms with E-state index in [1.54, 1.807) is 24.3 Å². The first kappa shape index (κ1) is 25.1. The number of nitrogens with zero attached hydrogens (tertiary/aromatic N) is 2. The highest BCUT2D eigenvalue weighted by molar-refractivity contribution is 7.14. The number of benzene rings is 2. The first-order valence-corrected chi connectivity index (χ1v) is 12.3. The number of hydrogen-bond donors (Lipinski definition) is 2. The van der Waals surface area contributed by atoms with E-state index in [-0.39, 0.29) is 22.8 Å². The summed E-state index contributed by atoms with van der Waals surface area (Å²) < 4.78 is 30.2. The third kappa shape index (κ3) is 4.87. The number of halogens is 1. The van der Waals surface area contributed by atoms with Crippen LogP contribution in [0.1, 0.15) is 27.7 Å². The molecule has 1 aromatic heterocycles. The van der Waals surface area contributed by atoms with Crippen LogP contribution < -0.4 is 20.1 Å². The Morgan fingerprint density at radius 3 is 2.74 bits per heavy atom. The monoisotopic (exact) mass is 540 g/mol. The smallest absolute Gasteiger partial charge is 0.357 e. The summed E-state index contributed by atoms with van der Waals surface area (Å²) in [6.07, 6.45) is -0.291. The molecule has 0 bridgehead atoms. The van der Waals surface area contributed by atoms with Crippen LogP contribution in [-0.4, -0.2) is 60.1 Å². The van der Waals surface area contributed by atoms with Crippen LogP contribution in [-0.2, 0) is 20.7 Å². The Balaban J connectivity index is 1.44. The molecule has 11 nitrogen and oxygen atoms in total. The number of imide groups is 1.